The van der Waals surface area contributed by atoms with E-state index < -0.39 is 0 Å². The van der Waals surface area contributed by atoms with Crippen LogP contribution in [0.2, 0.25) is 0 Å². The lowest BCUT2D eigenvalue weighted by atomic mass is 10.4. The molecule has 2 rings (SSSR count). The van der Waals surface area contributed by atoms with Gasteiger partial charge in [0, 0.05) is 12.4 Å². The second-order valence-electron chi connectivity index (χ2n) is 2.10. The molecule has 0 atom stereocenters. The molecule has 1 aromatic heterocycles. The molecule has 0 spiro atoms. The van der Waals surface area contributed by atoms with Crippen LogP contribution in [0.5, 0.6) is 0 Å². The first-order valence-electron chi connectivity index (χ1n) is 3.16. The molecular weight excluding hydrogens is 142 g/mol. The van der Waals surface area contributed by atoms with Crippen LogP contribution in [0.25, 0.3) is 0 Å². The highest BCUT2D eigenvalue weighted by Gasteiger charge is 2.08. The summed E-state index contributed by atoms with van der Waals surface area (Å²) in [6, 6.07) is 0. The van der Waals surface area contributed by atoms with E-state index in [1.165, 1.54) is 6.33 Å². The zero-order chi connectivity index (χ0) is 7.68. The summed E-state index contributed by atoms with van der Waals surface area (Å²) in [5.74, 6) is 1.16. The van der Waals surface area contributed by atoms with Crippen molar-refractivity contribution in [2.45, 2.75) is 0 Å². The van der Waals surface area contributed by atoms with Crippen molar-refractivity contribution in [1.82, 2.24) is 9.97 Å². The lowest BCUT2D eigenvalue weighted by Gasteiger charge is -2.13. The van der Waals surface area contributed by atoms with Gasteiger partial charge in [-0.2, -0.15) is 0 Å². The Balaban J connectivity index is 2.54. The van der Waals surface area contributed by atoms with Gasteiger partial charge in [0.1, 0.15) is 12.0 Å². The Labute approximate surface area is 63.3 Å². The van der Waals surface area contributed by atoms with E-state index in [2.05, 4.69) is 20.6 Å². The predicted molar refractivity (Wildman–Crippen MR) is 42.8 cm³/mol. The number of nitrogens with one attached hydrogen (secondary N) is 2. The van der Waals surface area contributed by atoms with E-state index in [0.717, 1.165) is 5.69 Å². The SMILES string of the molecule is Nc1ncnc2c1NC=CN2. The molecule has 0 radical (unpaired) electrons. The van der Waals surface area contributed by atoms with Crippen molar-refractivity contribution in [3.05, 3.63) is 18.7 Å². The second-order valence-corrected chi connectivity index (χ2v) is 2.10. The first kappa shape index (κ1) is 5.96. The van der Waals surface area contributed by atoms with Crippen molar-refractivity contribution in [2.75, 3.05) is 16.4 Å². The summed E-state index contributed by atoms with van der Waals surface area (Å²) in [6.07, 6.45) is 4.90. The molecule has 11 heavy (non-hydrogen) atoms. The number of hydrogen-bond donors (Lipinski definition) is 3. The molecule has 0 aromatic carbocycles. The van der Waals surface area contributed by atoms with Gasteiger partial charge >= 0.3 is 0 Å². The Morgan fingerprint density at radius 3 is 2.82 bits per heavy atom. The van der Waals surface area contributed by atoms with Crippen molar-refractivity contribution in [3.63, 3.8) is 0 Å². The number of rotatable bonds is 0. The van der Waals surface area contributed by atoms with Gasteiger partial charge in [-0.1, -0.05) is 0 Å². The summed E-state index contributed by atoms with van der Waals surface area (Å²) in [4.78, 5) is 7.79. The first-order chi connectivity index (χ1) is 5.38. The smallest absolute Gasteiger partial charge is 0.159 e. The van der Waals surface area contributed by atoms with Crippen LogP contribution < -0.4 is 16.4 Å². The zero-order valence-electron chi connectivity index (χ0n) is 5.70. The third-order valence-electron chi connectivity index (χ3n) is 1.41. The number of anilines is 3. The maximum atomic E-state index is 5.55. The molecule has 4 N–H and O–H groups in total. The van der Waals surface area contributed by atoms with Crippen LogP contribution in [0.4, 0.5) is 17.3 Å². The van der Waals surface area contributed by atoms with Crippen LogP contribution in [-0.4, -0.2) is 9.97 Å². The van der Waals surface area contributed by atoms with Gasteiger partial charge in [-0.3, -0.25) is 0 Å². The molecule has 2 heterocycles. The molecule has 0 amide bonds. The lowest BCUT2D eigenvalue weighted by molar-refractivity contribution is 1.16. The maximum Gasteiger partial charge on any atom is 0.159 e. The van der Waals surface area contributed by atoms with Gasteiger partial charge in [-0.15, -0.1) is 0 Å². The third kappa shape index (κ3) is 0.861. The maximum absolute atomic E-state index is 5.55. The highest BCUT2D eigenvalue weighted by molar-refractivity contribution is 5.78. The number of nitrogen functional groups attached to an aromatic ring is 1. The van der Waals surface area contributed by atoms with Gasteiger partial charge in [0.15, 0.2) is 11.6 Å². The predicted octanol–water partition coefficient (Wildman–Crippen LogP) is 0.367. The number of nitrogens with zero attached hydrogens (tertiary/aromatic N) is 2. The molecule has 56 valence electrons. The van der Waals surface area contributed by atoms with E-state index in [1.54, 1.807) is 12.4 Å². The molecule has 0 fully saturated rings. The van der Waals surface area contributed by atoms with Gasteiger partial charge in [-0.25, -0.2) is 9.97 Å². The quantitative estimate of drug-likeness (QED) is 0.496. The fourth-order valence-corrected chi connectivity index (χ4v) is 0.897. The molecule has 1 aliphatic heterocycles. The van der Waals surface area contributed by atoms with E-state index >= 15 is 0 Å². The highest BCUT2D eigenvalue weighted by atomic mass is 15.1. The molecule has 0 saturated carbocycles. The van der Waals surface area contributed by atoms with Crippen molar-refractivity contribution in [3.8, 4) is 0 Å². The standard InChI is InChI=1S/C6H7N5/c7-5-4-6(11-3-10-5)9-2-1-8-4/h1-3,8H,(H3,7,9,10,11). The van der Waals surface area contributed by atoms with Crippen LogP contribution >= 0.6 is 0 Å². The topological polar surface area (TPSA) is 75.9 Å². The molecular formula is C6H7N5. The molecule has 0 unspecified atom stereocenters. The highest BCUT2D eigenvalue weighted by Crippen LogP contribution is 2.25. The van der Waals surface area contributed by atoms with E-state index in [9.17, 15) is 0 Å². The summed E-state index contributed by atoms with van der Waals surface area (Å²) < 4.78 is 0. The average Bonchev–Trinajstić information content (AvgIpc) is 2.06. The van der Waals surface area contributed by atoms with Gasteiger partial charge in [0.25, 0.3) is 0 Å². The van der Waals surface area contributed by atoms with Crippen LogP contribution in [0.15, 0.2) is 18.7 Å². The molecule has 1 aliphatic rings. The Morgan fingerprint density at radius 2 is 2.00 bits per heavy atom. The fraction of sp³-hybridized carbons (Fsp3) is 0. The van der Waals surface area contributed by atoms with Crippen LogP contribution in [0.3, 0.4) is 0 Å². The van der Waals surface area contributed by atoms with Crippen molar-refractivity contribution < 1.29 is 0 Å². The van der Waals surface area contributed by atoms with Crippen molar-refractivity contribution >= 4 is 17.3 Å². The Kier molecular flexibility index (Phi) is 1.15. The normalized spacial score (nSPS) is 13.1. The summed E-state index contributed by atoms with van der Waals surface area (Å²) >= 11 is 0. The molecule has 5 heteroatoms. The molecule has 0 aliphatic carbocycles. The molecule has 0 saturated heterocycles. The number of aromatic nitrogens is 2. The lowest BCUT2D eigenvalue weighted by Crippen LogP contribution is -2.08. The minimum absolute atomic E-state index is 0.451. The number of nitrogens with two attached hydrogens (primary N) is 1. The minimum Gasteiger partial charge on any atom is -0.382 e. The Bertz CT molecular complexity index is 306. The van der Waals surface area contributed by atoms with Crippen LogP contribution in [-0.2, 0) is 0 Å². The summed E-state index contributed by atoms with van der Waals surface area (Å²) in [7, 11) is 0. The number of hydrogen-bond acceptors (Lipinski definition) is 5. The molecule has 5 nitrogen and oxygen atoms in total. The number of fused-ring (bicyclic) bond motifs is 1. The van der Waals surface area contributed by atoms with Gasteiger partial charge in [0.05, 0.1) is 0 Å². The second kappa shape index (κ2) is 2.12. The third-order valence-corrected chi connectivity index (χ3v) is 1.41. The summed E-state index contributed by atoms with van der Waals surface area (Å²) in [5, 5.41) is 5.87. The van der Waals surface area contributed by atoms with E-state index in [-0.39, 0.29) is 0 Å². The largest absolute Gasteiger partial charge is 0.382 e. The average molecular weight is 149 g/mol. The summed E-state index contributed by atoms with van der Waals surface area (Å²) in [5.41, 5.74) is 6.29. The van der Waals surface area contributed by atoms with Gasteiger partial charge < -0.3 is 16.4 Å². The monoisotopic (exact) mass is 149 g/mol. The minimum atomic E-state index is 0.451. The van der Waals surface area contributed by atoms with Crippen molar-refractivity contribution in [1.29, 1.82) is 0 Å². The Hall–Kier alpha value is -1.78. The summed E-state index contributed by atoms with van der Waals surface area (Å²) in [6.45, 7) is 0. The first-order valence-corrected chi connectivity index (χ1v) is 3.16. The zero-order valence-corrected chi connectivity index (χ0v) is 5.70. The van der Waals surface area contributed by atoms with Crippen LogP contribution in [0, 0.1) is 0 Å². The van der Waals surface area contributed by atoms with Crippen LogP contribution in [0.1, 0.15) is 0 Å². The molecule has 0 bridgehead atoms. The van der Waals surface area contributed by atoms with E-state index in [0.29, 0.717) is 11.6 Å². The molecule has 1 aromatic rings. The van der Waals surface area contributed by atoms with Gasteiger partial charge in [-0.05, 0) is 0 Å². The van der Waals surface area contributed by atoms with Crippen molar-refractivity contribution in [2.24, 2.45) is 0 Å². The van der Waals surface area contributed by atoms with E-state index in [1.807, 2.05) is 0 Å². The van der Waals surface area contributed by atoms with Gasteiger partial charge in [0.2, 0.25) is 0 Å². The fourth-order valence-electron chi connectivity index (χ4n) is 0.897. The van der Waals surface area contributed by atoms with E-state index in [4.69, 9.17) is 5.73 Å². The Morgan fingerprint density at radius 1 is 1.18 bits per heavy atom.